The lowest BCUT2D eigenvalue weighted by molar-refractivity contribution is 0.860. The number of nitrogens with zero attached hydrogens (tertiary/aromatic N) is 4. The molecule has 0 bridgehead atoms. The van der Waals surface area contributed by atoms with Crippen LogP contribution in [0.3, 0.4) is 0 Å². The minimum atomic E-state index is 0.544. The number of anilines is 1. The summed E-state index contributed by atoms with van der Waals surface area (Å²) in [6, 6.07) is 0. The summed E-state index contributed by atoms with van der Waals surface area (Å²) in [6.45, 7) is 7.09. The van der Waals surface area contributed by atoms with Crippen molar-refractivity contribution in [1.82, 2.24) is 19.3 Å². The molecule has 21 heavy (non-hydrogen) atoms. The standard InChI is InChI=1S/C14H19N5S2/c1-4-10-16-14(21-19-10)20-13-8(3)11(15-5-2)17-12(18-13)9-6-7-9/h9H,4-7H2,1-3H3,(H,15,17,18). The lowest BCUT2D eigenvalue weighted by atomic mass is 10.3. The highest BCUT2D eigenvalue weighted by atomic mass is 32.2. The van der Waals surface area contributed by atoms with Crippen LogP contribution in [0.1, 0.15) is 49.8 Å². The predicted octanol–water partition coefficient (Wildman–Crippen LogP) is 3.66. The summed E-state index contributed by atoms with van der Waals surface area (Å²) in [5.41, 5.74) is 1.10. The molecule has 1 fully saturated rings. The molecule has 1 N–H and O–H groups in total. The van der Waals surface area contributed by atoms with Crippen molar-refractivity contribution in [2.24, 2.45) is 0 Å². The first-order chi connectivity index (χ1) is 10.2. The second-order valence-electron chi connectivity index (χ2n) is 5.10. The third-order valence-electron chi connectivity index (χ3n) is 3.35. The van der Waals surface area contributed by atoms with Crippen molar-refractivity contribution in [3.8, 4) is 0 Å². The number of aromatic nitrogens is 4. The van der Waals surface area contributed by atoms with Gasteiger partial charge in [0.25, 0.3) is 0 Å². The molecule has 0 amide bonds. The molecule has 0 aromatic carbocycles. The summed E-state index contributed by atoms with van der Waals surface area (Å²) in [7, 11) is 0. The van der Waals surface area contributed by atoms with E-state index in [1.165, 1.54) is 24.4 Å². The van der Waals surface area contributed by atoms with Crippen LogP contribution < -0.4 is 5.32 Å². The van der Waals surface area contributed by atoms with Crippen LogP contribution in [-0.2, 0) is 6.42 Å². The molecule has 2 aromatic rings. The highest BCUT2D eigenvalue weighted by Crippen LogP contribution is 2.41. The Morgan fingerprint density at radius 2 is 2.05 bits per heavy atom. The molecule has 1 aliphatic rings. The summed E-state index contributed by atoms with van der Waals surface area (Å²) < 4.78 is 5.30. The van der Waals surface area contributed by atoms with Gasteiger partial charge in [-0.1, -0.05) is 6.92 Å². The van der Waals surface area contributed by atoms with E-state index in [4.69, 9.17) is 4.98 Å². The molecule has 1 saturated carbocycles. The fourth-order valence-electron chi connectivity index (χ4n) is 1.98. The molecule has 0 unspecified atom stereocenters. The van der Waals surface area contributed by atoms with Crippen LogP contribution in [-0.4, -0.2) is 25.9 Å². The Bertz CT molecular complexity index is 636. The van der Waals surface area contributed by atoms with E-state index in [2.05, 4.69) is 40.4 Å². The van der Waals surface area contributed by atoms with Gasteiger partial charge in [-0.15, -0.1) is 0 Å². The summed E-state index contributed by atoms with van der Waals surface area (Å²) in [5, 5.41) is 4.35. The molecule has 2 aromatic heterocycles. The lowest BCUT2D eigenvalue weighted by Gasteiger charge is -2.11. The molecule has 1 aliphatic carbocycles. The number of nitrogens with one attached hydrogen (secondary N) is 1. The summed E-state index contributed by atoms with van der Waals surface area (Å²) in [4.78, 5) is 14.0. The molecular weight excluding hydrogens is 302 g/mol. The minimum absolute atomic E-state index is 0.544. The number of hydrogen-bond acceptors (Lipinski definition) is 7. The van der Waals surface area contributed by atoms with E-state index >= 15 is 0 Å². The molecule has 0 saturated heterocycles. The Hall–Kier alpha value is -1.21. The van der Waals surface area contributed by atoms with Crippen LogP contribution in [0.5, 0.6) is 0 Å². The largest absolute Gasteiger partial charge is 0.370 e. The van der Waals surface area contributed by atoms with Gasteiger partial charge in [0.2, 0.25) is 0 Å². The maximum atomic E-state index is 4.76. The second-order valence-corrected chi connectivity index (χ2v) is 7.09. The molecule has 0 atom stereocenters. The Morgan fingerprint density at radius 3 is 2.67 bits per heavy atom. The minimum Gasteiger partial charge on any atom is -0.370 e. The normalized spacial score (nSPS) is 14.4. The van der Waals surface area contributed by atoms with E-state index in [1.807, 2.05) is 0 Å². The number of rotatable bonds is 6. The first kappa shape index (κ1) is 14.7. The molecule has 2 heterocycles. The monoisotopic (exact) mass is 321 g/mol. The van der Waals surface area contributed by atoms with E-state index in [9.17, 15) is 0 Å². The van der Waals surface area contributed by atoms with Gasteiger partial charge < -0.3 is 5.32 Å². The molecular formula is C14H19N5S2. The summed E-state index contributed by atoms with van der Waals surface area (Å²) in [5.74, 6) is 3.38. The molecule has 0 radical (unpaired) electrons. The molecule has 3 rings (SSSR count). The van der Waals surface area contributed by atoms with E-state index in [0.717, 1.165) is 45.4 Å². The third-order valence-corrected chi connectivity index (χ3v) is 5.23. The van der Waals surface area contributed by atoms with Gasteiger partial charge in [-0.25, -0.2) is 15.0 Å². The smallest absolute Gasteiger partial charge is 0.176 e. The zero-order chi connectivity index (χ0) is 14.8. The zero-order valence-electron chi connectivity index (χ0n) is 12.5. The van der Waals surface area contributed by atoms with Crippen LogP contribution in [0.2, 0.25) is 0 Å². The topological polar surface area (TPSA) is 63.6 Å². The fraction of sp³-hybridized carbons (Fsp3) is 0.571. The Balaban J connectivity index is 1.91. The van der Waals surface area contributed by atoms with Gasteiger partial charge in [0.05, 0.1) is 0 Å². The van der Waals surface area contributed by atoms with E-state index < -0.39 is 0 Å². The summed E-state index contributed by atoms with van der Waals surface area (Å²) >= 11 is 3.05. The van der Waals surface area contributed by atoms with Crippen molar-refractivity contribution in [2.45, 2.75) is 55.3 Å². The van der Waals surface area contributed by atoms with Gasteiger partial charge in [0.1, 0.15) is 22.5 Å². The number of hydrogen-bond donors (Lipinski definition) is 1. The van der Waals surface area contributed by atoms with Crippen molar-refractivity contribution in [2.75, 3.05) is 11.9 Å². The van der Waals surface area contributed by atoms with Crippen LogP contribution >= 0.6 is 23.3 Å². The van der Waals surface area contributed by atoms with Gasteiger partial charge in [0, 0.05) is 24.4 Å². The van der Waals surface area contributed by atoms with Gasteiger partial charge in [-0.2, -0.15) is 4.37 Å². The van der Waals surface area contributed by atoms with Crippen molar-refractivity contribution in [3.63, 3.8) is 0 Å². The van der Waals surface area contributed by atoms with Gasteiger partial charge in [-0.05, 0) is 50.0 Å². The predicted molar refractivity (Wildman–Crippen MR) is 86.3 cm³/mol. The third kappa shape index (κ3) is 3.35. The average molecular weight is 321 g/mol. The van der Waals surface area contributed by atoms with E-state index in [-0.39, 0.29) is 0 Å². The summed E-state index contributed by atoms with van der Waals surface area (Å²) in [6.07, 6.45) is 3.28. The quantitative estimate of drug-likeness (QED) is 0.819. The molecule has 0 spiro atoms. The van der Waals surface area contributed by atoms with Gasteiger partial charge >= 0.3 is 0 Å². The zero-order valence-corrected chi connectivity index (χ0v) is 14.1. The van der Waals surface area contributed by atoms with Crippen LogP contribution in [0.15, 0.2) is 9.37 Å². The van der Waals surface area contributed by atoms with Crippen molar-refractivity contribution >= 4 is 29.1 Å². The molecule has 7 heteroatoms. The Morgan fingerprint density at radius 1 is 1.24 bits per heavy atom. The molecule has 112 valence electrons. The van der Waals surface area contributed by atoms with Crippen molar-refractivity contribution in [3.05, 3.63) is 17.2 Å². The van der Waals surface area contributed by atoms with Crippen molar-refractivity contribution < 1.29 is 0 Å². The maximum Gasteiger partial charge on any atom is 0.176 e. The van der Waals surface area contributed by atoms with Gasteiger partial charge in [-0.3, -0.25) is 0 Å². The first-order valence-corrected chi connectivity index (χ1v) is 8.93. The van der Waals surface area contributed by atoms with Crippen LogP contribution in [0.25, 0.3) is 0 Å². The number of aryl methyl sites for hydroxylation is 1. The fourth-order valence-corrected chi connectivity index (χ4v) is 3.68. The second kappa shape index (κ2) is 6.27. The molecule has 0 aliphatic heterocycles. The SMILES string of the molecule is CCNc1nc(C2CC2)nc(Sc2nc(CC)ns2)c1C. The highest BCUT2D eigenvalue weighted by Gasteiger charge is 2.28. The molecule has 5 nitrogen and oxygen atoms in total. The van der Waals surface area contributed by atoms with E-state index in [0.29, 0.717) is 5.92 Å². The van der Waals surface area contributed by atoms with E-state index in [1.54, 1.807) is 11.8 Å². The van der Waals surface area contributed by atoms with Crippen LogP contribution in [0, 0.1) is 6.92 Å². The Kier molecular flexibility index (Phi) is 4.40. The van der Waals surface area contributed by atoms with Crippen molar-refractivity contribution in [1.29, 1.82) is 0 Å². The Labute approximate surface area is 133 Å². The average Bonchev–Trinajstić information content (AvgIpc) is 3.23. The lowest BCUT2D eigenvalue weighted by Crippen LogP contribution is -2.07. The van der Waals surface area contributed by atoms with Gasteiger partial charge in [0.15, 0.2) is 4.34 Å². The maximum absolute atomic E-state index is 4.76. The first-order valence-electron chi connectivity index (χ1n) is 7.34. The highest BCUT2D eigenvalue weighted by molar-refractivity contribution is 8.00. The van der Waals surface area contributed by atoms with Crippen LogP contribution in [0.4, 0.5) is 5.82 Å².